The second-order valence-corrected chi connectivity index (χ2v) is 4.09. The van der Waals surface area contributed by atoms with Gasteiger partial charge in [-0.15, -0.1) is 0 Å². The summed E-state index contributed by atoms with van der Waals surface area (Å²) in [6, 6.07) is 7.23. The molecule has 3 nitrogen and oxygen atoms in total. The lowest BCUT2D eigenvalue weighted by Gasteiger charge is -2.31. The zero-order valence-electron chi connectivity index (χ0n) is 7.68. The zero-order valence-corrected chi connectivity index (χ0v) is 8.84. The number of carbonyl (C=O) groups is 1. The minimum Gasteiger partial charge on any atom is -0.480 e. The molecule has 1 aliphatic heterocycles. The van der Waals surface area contributed by atoms with Gasteiger partial charge in [0.2, 0.25) is 0 Å². The molecule has 1 aromatic carbocycles. The molecule has 2 rings (SSSR count). The van der Waals surface area contributed by atoms with Crippen LogP contribution in [-0.2, 0) is 11.2 Å². The number of rotatable bonds is 1. The average Bonchev–Trinajstić information content (AvgIpc) is 2.17. The van der Waals surface area contributed by atoms with Gasteiger partial charge in [-0.3, -0.25) is 9.46 Å². The van der Waals surface area contributed by atoms with Gasteiger partial charge < -0.3 is 5.11 Å². The van der Waals surface area contributed by atoms with Crippen LogP contribution in [0.4, 0.5) is 0 Å². The van der Waals surface area contributed by atoms with E-state index in [4.69, 9.17) is 5.11 Å². The topological polar surface area (TPSA) is 40.5 Å². The molecule has 0 saturated carbocycles. The van der Waals surface area contributed by atoms with Crippen LogP contribution in [0, 0.1) is 0 Å². The third kappa shape index (κ3) is 1.54. The van der Waals surface area contributed by atoms with E-state index in [0.717, 1.165) is 24.1 Å². The number of fused-ring (bicyclic) bond motifs is 1. The van der Waals surface area contributed by atoms with Crippen LogP contribution in [0.25, 0.3) is 0 Å². The van der Waals surface area contributed by atoms with Crippen molar-refractivity contribution < 1.29 is 9.90 Å². The number of carboxylic acids is 1. The summed E-state index contributed by atoms with van der Waals surface area (Å²) in [4.78, 5) is 11.1. The van der Waals surface area contributed by atoms with Crippen LogP contribution in [0.2, 0.25) is 0 Å². The molecule has 14 heavy (non-hydrogen) atoms. The van der Waals surface area contributed by atoms with Gasteiger partial charge in [-0.05, 0) is 17.5 Å². The number of hydrogen-bond acceptors (Lipinski definition) is 2. The minimum absolute atomic E-state index is 0.509. The van der Waals surface area contributed by atoms with E-state index in [1.807, 2.05) is 24.3 Å². The predicted molar refractivity (Wildman–Crippen MR) is 56.9 cm³/mol. The largest absolute Gasteiger partial charge is 0.480 e. The van der Waals surface area contributed by atoms with E-state index in [2.05, 4.69) is 9.39 Å². The Kier molecular flexibility index (Phi) is 2.53. The Morgan fingerprint density at radius 2 is 2.21 bits per heavy atom. The zero-order chi connectivity index (χ0) is 10.1. The normalized spacial score (nSPS) is 21.6. The van der Waals surface area contributed by atoms with Crippen molar-refractivity contribution in [3.05, 3.63) is 35.4 Å². The van der Waals surface area contributed by atoms with Crippen molar-refractivity contribution >= 4 is 15.4 Å². The first-order chi connectivity index (χ1) is 6.70. The monoisotopic (exact) mass is 209 g/mol. The van der Waals surface area contributed by atoms with E-state index < -0.39 is 12.0 Å². The van der Waals surface area contributed by atoms with E-state index in [0.29, 0.717) is 0 Å². The summed E-state index contributed by atoms with van der Waals surface area (Å²) in [7, 11) is 2.49. The molecular weight excluding hydrogens is 197 g/mol. The van der Waals surface area contributed by atoms with Gasteiger partial charge in [0.05, 0.1) is 0 Å². The molecular formula is C10H12NO2P. The first-order valence-electron chi connectivity index (χ1n) is 4.52. The lowest BCUT2D eigenvalue weighted by atomic mass is 9.94. The van der Waals surface area contributed by atoms with Gasteiger partial charge in [-0.1, -0.05) is 33.7 Å². The number of hydrogen-bond donors (Lipinski definition) is 1. The van der Waals surface area contributed by atoms with Crippen LogP contribution in [0.3, 0.4) is 0 Å². The highest BCUT2D eigenvalue weighted by molar-refractivity contribution is 7.13. The van der Waals surface area contributed by atoms with Crippen molar-refractivity contribution in [1.82, 2.24) is 4.67 Å². The molecule has 2 atom stereocenters. The number of aliphatic carboxylic acids is 1. The lowest BCUT2D eigenvalue weighted by Crippen LogP contribution is -2.32. The Labute approximate surface area is 85.0 Å². The van der Waals surface area contributed by atoms with Crippen molar-refractivity contribution in [2.24, 2.45) is 0 Å². The molecule has 4 heteroatoms. The highest BCUT2D eigenvalue weighted by Crippen LogP contribution is 2.31. The summed E-state index contributed by atoms with van der Waals surface area (Å²) >= 11 is 0. The van der Waals surface area contributed by atoms with Crippen LogP contribution >= 0.6 is 9.39 Å². The van der Waals surface area contributed by atoms with Crippen LogP contribution < -0.4 is 0 Å². The summed E-state index contributed by atoms with van der Waals surface area (Å²) in [6.45, 7) is 0.776. The molecule has 1 aliphatic rings. The Bertz CT molecular complexity index is 367. The predicted octanol–water partition coefficient (Wildman–Crippen LogP) is 1.46. The number of benzene rings is 1. The van der Waals surface area contributed by atoms with Crippen molar-refractivity contribution in [1.29, 1.82) is 0 Å². The van der Waals surface area contributed by atoms with Gasteiger partial charge in [-0.25, -0.2) is 0 Å². The summed E-state index contributed by atoms with van der Waals surface area (Å²) in [5.74, 6) is -0.785. The standard InChI is InChI=1S/C10H12NO2P/c12-10(13)9-8-4-2-1-3-7(8)5-6-11(9)14/h1-4,9H,5-6,14H2,(H,12,13). The van der Waals surface area contributed by atoms with Crippen molar-refractivity contribution in [3.8, 4) is 0 Å². The van der Waals surface area contributed by atoms with E-state index in [1.165, 1.54) is 0 Å². The molecule has 0 amide bonds. The van der Waals surface area contributed by atoms with Gasteiger partial charge in [-0.2, -0.15) is 0 Å². The maximum Gasteiger partial charge on any atom is 0.325 e. The third-order valence-corrected chi connectivity index (χ3v) is 3.11. The molecule has 1 N–H and O–H groups in total. The molecule has 2 unspecified atom stereocenters. The molecule has 0 aliphatic carbocycles. The van der Waals surface area contributed by atoms with Crippen molar-refractivity contribution in [3.63, 3.8) is 0 Å². The van der Waals surface area contributed by atoms with Gasteiger partial charge in [0.1, 0.15) is 6.04 Å². The summed E-state index contributed by atoms with van der Waals surface area (Å²) < 4.78 is 1.80. The molecule has 1 aromatic rings. The fourth-order valence-electron chi connectivity index (χ4n) is 1.86. The first kappa shape index (κ1) is 9.63. The smallest absolute Gasteiger partial charge is 0.325 e. The van der Waals surface area contributed by atoms with Gasteiger partial charge in [0.15, 0.2) is 0 Å². The van der Waals surface area contributed by atoms with Crippen LogP contribution in [0.5, 0.6) is 0 Å². The maximum atomic E-state index is 11.1. The van der Waals surface area contributed by atoms with Crippen LogP contribution in [0.15, 0.2) is 24.3 Å². The summed E-state index contributed by atoms with van der Waals surface area (Å²) in [5, 5.41) is 9.10. The molecule has 0 bridgehead atoms. The maximum absolute atomic E-state index is 11.1. The molecule has 0 radical (unpaired) electrons. The van der Waals surface area contributed by atoms with Gasteiger partial charge in [0, 0.05) is 6.54 Å². The second kappa shape index (κ2) is 3.68. The molecule has 1 heterocycles. The number of carboxylic acid groups (broad SMARTS) is 1. The van der Waals surface area contributed by atoms with E-state index in [-0.39, 0.29) is 0 Å². The molecule has 0 fully saturated rings. The average molecular weight is 209 g/mol. The van der Waals surface area contributed by atoms with Gasteiger partial charge in [0.25, 0.3) is 0 Å². The Balaban J connectivity index is 2.46. The Morgan fingerprint density at radius 1 is 1.50 bits per heavy atom. The molecule has 0 aromatic heterocycles. The molecule has 0 spiro atoms. The molecule has 74 valence electrons. The number of nitrogens with zero attached hydrogens (tertiary/aromatic N) is 1. The molecule has 0 saturated heterocycles. The fraction of sp³-hybridized carbons (Fsp3) is 0.300. The van der Waals surface area contributed by atoms with Crippen molar-refractivity contribution in [2.75, 3.05) is 6.54 Å². The summed E-state index contributed by atoms with van der Waals surface area (Å²) in [6.07, 6.45) is 0.920. The summed E-state index contributed by atoms with van der Waals surface area (Å²) in [5.41, 5.74) is 2.07. The van der Waals surface area contributed by atoms with E-state index in [9.17, 15) is 4.79 Å². The van der Waals surface area contributed by atoms with E-state index >= 15 is 0 Å². The minimum atomic E-state index is -0.785. The quantitative estimate of drug-likeness (QED) is 0.712. The third-order valence-electron chi connectivity index (χ3n) is 2.55. The highest BCUT2D eigenvalue weighted by atomic mass is 31.0. The Hall–Kier alpha value is -0.920. The SMILES string of the molecule is O=C(O)C1c2ccccc2CCN1P. The Morgan fingerprint density at radius 3 is 2.93 bits per heavy atom. The van der Waals surface area contributed by atoms with Crippen molar-refractivity contribution in [2.45, 2.75) is 12.5 Å². The first-order valence-corrected chi connectivity index (χ1v) is 5.04. The van der Waals surface area contributed by atoms with Crippen LogP contribution in [-0.4, -0.2) is 22.3 Å². The lowest BCUT2D eigenvalue weighted by molar-refractivity contribution is -0.141. The fourth-order valence-corrected chi connectivity index (χ4v) is 2.28. The second-order valence-electron chi connectivity index (χ2n) is 3.43. The van der Waals surface area contributed by atoms with Crippen LogP contribution in [0.1, 0.15) is 17.2 Å². The van der Waals surface area contributed by atoms with Gasteiger partial charge >= 0.3 is 5.97 Å². The highest BCUT2D eigenvalue weighted by Gasteiger charge is 2.30. The van der Waals surface area contributed by atoms with E-state index in [1.54, 1.807) is 4.67 Å².